The second-order valence-corrected chi connectivity index (χ2v) is 6.21. The monoisotopic (exact) mass is 338 g/mol. The topological polar surface area (TPSA) is 114 Å². The number of hydrogen-bond acceptors (Lipinski definition) is 6. The first-order chi connectivity index (χ1) is 10.8. The summed E-state index contributed by atoms with van der Waals surface area (Å²) < 4.78 is 39.2. The van der Waals surface area contributed by atoms with Gasteiger partial charge in [0.25, 0.3) is 0 Å². The zero-order valence-corrected chi connectivity index (χ0v) is 13.8. The Balaban J connectivity index is 2.73. The summed E-state index contributed by atoms with van der Waals surface area (Å²) in [5.74, 6) is 1.31. The molecular formula is C15H18N2O5S. The lowest BCUT2D eigenvalue weighted by Gasteiger charge is -2.16. The molecule has 124 valence electrons. The molecule has 7 nitrogen and oxygen atoms in total. The molecule has 0 aliphatic heterocycles. The van der Waals surface area contributed by atoms with Crippen LogP contribution in [0.3, 0.4) is 0 Å². The summed E-state index contributed by atoms with van der Waals surface area (Å²) in [5, 5.41) is 5.19. The Bertz CT molecular complexity index is 834. The highest BCUT2D eigenvalue weighted by molar-refractivity contribution is 7.89. The number of rotatable bonds is 5. The van der Waals surface area contributed by atoms with Gasteiger partial charge in [-0.25, -0.2) is 13.6 Å². The molecule has 0 aliphatic carbocycles. The molecule has 0 aromatic heterocycles. The van der Waals surface area contributed by atoms with Crippen LogP contribution in [0.2, 0.25) is 0 Å². The summed E-state index contributed by atoms with van der Waals surface area (Å²) in [5.41, 5.74) is 6.96. The Morgan fingerprint density at radius 2 is 1.57 bits per heavy atom. The van der Waals surface area contributed by atoms with E-state index >= 15 is 0 Å². The van der Waals surface area contributed by atoms with Gasteiger partial charge in [-0.1, -0.05) is 6.07 Å². The number of anilines is 1. The first-order valence-electron chi connectivity index (χ1n) is 6.55. The highest BCUT2D eigenvalue weighted by Gasteiger charge is 2.19. The molecule has 2 aromatic carbocycles. The van der Waals surface area contributed by atoms with E-state index in [9.17, 15) is 8.42 Å². The number of methoxy groups -OCH3 is 3. The smallest absolute Gasteiger partial charge is 0.240 e. The number of sulfonamides is 1. The van der Waals surface area contributed by atoms with Crippen LogP contribution in [-0.4, -0.2) is 29.7 Å². The Morgan fingerprint density at radius 1 is 0.913 bits per heavy atom. The molecule has 0 bridgehead atoms. The lowest BCUT2D eigenvalue weighted by Crippen LogP contribution is -2.14. The summed E-state index contributed by atoms with van der Waals surface area (Å²) in [6.45, 7) is 0. The molecule has 2 rings (SSSR count). The number of benzene rings is 2. The molecule has 4 N–H and O–H groups in total. The Morgan fingerprint density at radius 3 is 2.09 bits per heavy atom. The third-order valence-corrected chi connectivity index (χ3v) is 4.30. The van der Waals surface area contributed by atoms with Gasteiger partial charge in [-0.2, -0.15) is 0 Å². The number of nitrogen functional groups attached to an aromatic ring is 1. The SMILES string of the molecule is COc1ccc(-c2ccc(N)c(S(N)(=O)=O)c2)c(OC)c1OC. The van der Waals surface area contributed by atoms with Crippen molar-refractivity contribution in [1.29, 1.82) is 0 Å². The lowest BCUT2D eigenvalue weighted by molar-refractivity contribution is 0.325. The van der Waals surface area contributed by atoms with E-state index in [1.54, 1.807) is 18.2 Å². The lowest BCUT2D eigenvalue weighted by atomic mass is 10.0. The van der Waals surface area contributed by atoms with Crippen molar-refractivity contribution in [2.24, 2.45) is 5.14 Å². The highest BCUT2D eigenvalue weighted by atomic mass is 32.2. The van der Waals surface area contributed by atoms with Crippen molar-refractivity contribution < 1.29 is 22.6 Å². The maximum Gasteiger partial charge on any atom is 0.240 e. The van der Waals surface area contributed by atoms with Gasteiger partial charge in [-0.05, 0) is 29.8 Å². The van der Waals surface area contributed by atoms with Gasteiger partial charge in [-0.15, -0.1) is 0 Å². The summed E-state index contributed by atoms with van der Waals surface area (Å²) in [6, 6.07) is 7.98. The molecule has 0 saturated carbocycles. The van der Waals surface area contributed by atoms with Crippen LogP contribution in [-0.2, 0) is 10.0 Å². The standard InChI is InChI=1S/C15H18N2O5S/c1-20-12-7-5-10(14(21-2)15(12)22-3)9-4-6-11(16)13(8-9)23(17,18)19/h4-8H,16H2,1-3H3,(H2,17,18,19). The quantitative estimate of drug-likeness (QED) is 0.801. The summed E-state index contributed by atoms with van der Waals surface area (Å²) in [6.07, 6.45) is 0. The zero-order chi connectivity index (χ0) is 17.2. The number of ether oxygens (including phenoxy) is 3. The third-order valence-electron chi connectivity index (χ3n) is 3.34. The molecule has 23 heavy (non-hydrogen) atoms. The second-order valence-electron chi connectivity index (χ2n) is 4.68. The van der Waals surface area contributed by atoms with E-state index in [4.69, 9.17) is 25.1 Å². The molecule has 0 amide bonds. The Hall–Kier alpha value is -2.45. The number of hydrogen-bond donors (Lipinski definition) is 2. The van der Waals surface area contributed by atoms with Crippen LogP contribution < -0.4 is 25.1 Å². The molecule has 0 unspecified atom stereocenters. The minimum absolute atomic E-state index is 0.0793. The van der Waals surface area contributed by atoms with Crippen molar-refractivity contribution >= 4 is 15.7 Å². The van der Waals surface area contributed by atoms with Crippen molar-refractivity contribution in [1.82, 2.24) is 0 Å². The number of primary sulfonamides is 1. The Labute approximate surface area is 134 Å². The van der Waals surface area contributed by atoms with E-state index in [1.807, 2.05) is 0 Å². The van der Waals surface area contributed by atoms with Crippen LogP contribution >= 0.6 is 0 Å². The van der Waals surface area contributed by atoms with E-state index in [2.05, 4.69) is 0 Å². The largest absolute Gasteiger partial charge is 0.493 e. The maximum atomic E-state index is 11.6. The van der Waals surface area contributed by atoms with Crippen molar-refractivity contribution in [3.8, 4) is 28.4 Å². The van der Waals surface area contributed by atoms with E-state index < -0.39 is 10.0 Å². The number of nitrogens with two attached hydrogens (primary N) is 2. The first kappa shape index (κ1) is 16.9. The van der Waals surface area contributed by atoms with Gasteiger partial charge in [0.2, 0.25) is 15.8 Å². The van der Waals surface area contributed by atoms with Gasteiger partial charge < -0.3 is 19.9 Å². The van der Waals surface area contributed by atoms with Gasteiger partial charge in [-0.3, -0.25) is 0 Å². The van der Waals surface area contributed by atoms with Crippen LogP contribution in [0, 0.1) is 0 Å². The van der Waals surface area contributed by atoms with E-state index in [-0.39, 0.29) is 10.6 Å². The average Bonchev–Trinajstić information content (AvgIpc) is 2.52. The fourth-order valence-corrected chi connectivity index (χ4v) is 2.96. The van der Waals surface area contributed by atoms with Crippen LogP contribution in [0.15, 0.2) is 35.2 Å². The fourth-order valence-electron chi connectivity index (χ4n) is 2.28. The van der Waals surface area contributed by atoms with Gasteiger partial charge in [0, 0.05) is 5.56 Å². The second kappa shape index (κ2) is 6.35. The molecule has 0 atom stereocenters. The molecule has 0 saturated heterocycles. The maximum absolute atomic E-state index is 11.6. The minimum atomic E-state index is -3.93. The molecule has 8 heteroatoms. The molecule has 0 radical (unpaired) electrons. The normalized spacial score (nSPS) is 11.1. The zero-order valence-electron chi connectivity index (χ0n) is 13.0. The summed E-state index contributed by atoms with van der Waals surface area (Å²) in [7, 11) is 0.553. The van der Waals surface area contributed by atoms with E-state index in [0.717, 1.165) is 0 Å². The minimum Gasteiger partial charge on any atom is -0.493 e. The van der Waals surface area contributed by atoms with Crippen molar-refractivity contribution in [2.45, 2.75) is 4.90 Å². The molecule has 0 spiro atoms. The molecular weight excluding hydrogens is 320 g/mol. The van der Waals surface area contributed by atoms with Crippen molar-refractivity contribution in [3.63, 3.8) is 0 Å². The molecule has 0 fully saturated rings. The van der Waals surface area contributed by atoms with Gasteiger partial charge in [0.1, 0.15) is 4.90 Å². The predicted molar refractivity (Wildman–Crippen MR) is 87.3 cm³/mol. The molecule has 0 heterocycles. The van der Waals surface area contributed by atoms with Gasteiger partial charge >= 0.3 is 0 Å². The third kappa shape index (κ3) is 3.17. The van der Waals surface area contributed by atoms with Crippen LogP contribution in [0.5, 0.6) is 17.2 Å². The Kier molecular flexibility index (Phi) is 4.67. The predicted octanol–water partition coefficient (Wildman–Crippen LogP) is 1.61. The average molecular weight is 338 g/mol. The summed E-state index contributed by atoms with van der Waals surface area (Å²) >= 11 is 0. The van der Waals surface area contributed by atoms with Gasteiger partial charge in [0.15, 0.2) is 11.5 Å². The fraction of sp³-hybridized carbons (Fsp3) is 0.200. The van der Waals surface area contributed by atoms with E-state index in [0.29, 0.717) is 28.4 Å². The van der Waals surface area contributed by atoms with Crippen LogP contribution in [0.25, 0.3) is 11.1 Å². The van der Waals surface area contributed by atoms with Crippen molar-refractivity contribution in [2.75, 3.05) is 27.1 Å². The first-order valence-corrected chi connectivity index (χ1v) is 8.09. The van der Waals surface area contributed by atoms with Crippen LogP contribution in [0.1, 0.15) is 0 Å². The van der Waals surface area contributed by atoms with E-state index in [1.165, 1.54) is 33.5 Å². The van der Waals surface area contributed by atoms with Crippen LogP contribution in [0.4, 0.5) is 5.69 Å². The van der Waals surface area contributed by atoms with Crippen molar-refractivity contribution in [3.05, 3.63) is 30.3 Å². The molecule has 0 aliphatic rings. The highest BCUT2D eigenvalue weighted by Crippen LogP contribution is 2.44. The summed E-state index contributed by atoms with van der Waals surface area (Å²) in [4.78, 5) is -0.146. The van der Waals surface area contributed by atoms with Gasteiger partial charge in [0.05, 0.1) is 27.0 Å². The molecule has 2 aromatic rings.